The number of likely N-dealkylation sites (N-methyl/N-ethyl adjacent to an activating group) is 1. The second-order valence-electron chi connectivity index (χ2n) is 4.83. The fourth-order valence-electron chi connectivity index (χ4n) is 1.91. The lowest BCUT2D eigenvalue weighted by atomic mass is 10.2. The smallest absolute Gasteiger partial charge is 0.241 e. The molecule has 0 aliphatic rings. The molecule has 0 saturated heterocycles. The maximum atomic E-state index is 12.2. The van der Waals surface area contributed by atoms with Crippen molar-refractivity contribution in [3.8, 4) is 6.07 Å². The van der Waals surface area contributed by atoms with Gasteiger partial charge >= 0.3 is 0 Å². The van der Waals surface area contributed by atoms with E-state index in [-0.39, 0.29) is 5.91 Å². The van der Waals surface area contributed by atoms with E-state index in [2.05, 4.69) is 17.9 Å². The second-order valence-corrected chi connectivity index (χ2v) is 4.83. The molecule has 108 valence electrons. The lowest BCUT2D eigenvalue weighted by Crippen LogP contribution is -2.39. The summed E-state index contributed by atoms with van der Waals surface area (Å²) >= 11 is 0. The highest BCUT2D eigenvalue weighted by Gasteiger charge is 2.14. The predicted molar refractivity (Wildman–Crippen MR) is 81.4 cm³/mol. The first-order valence-corrected chi connectivity index (χ1v) is 7.10. The number of nitrogens with zero attached hydrogens (tertiary/aromatic N) is 3. The van der Waals surface area contributed by atoms with Gasteiger partial charge in [-0.2, -0.15) is 5.26 Å². The summed E-state index contributed by atoms with van der Waals surface area (Å²) in [5.74, 6) is 0.0557. The molecule has 4 heteroatoms. The minimum atomic E-state index is 0.0557. The summed E-state index contributed by atoms with van der Waals surface area (Å²) in [4.78, 5) is 15.9. The van der Waals surface area contributed by atoms with E-state index >= 15 is 0 Å². The summed E-state index contributed by atoms with van der Waals surface area (Å²) < 4.78 is 0. The van der Waals surface area contributed by atoms with Crippen molar-refractivity contribution in [2.24, 2.45) is 0 Å². The first-order chi connectivity index (χ1) is 9.69. The molecule has 0 aliphatic carbocycles. The molecule has 0 spiro atoms. The summed E-state index contributed by atoms with van der Waals surface area (Å²) in [6.07, 6.45) is 2.54. The number of anilines is 1. The highest BCUT2D eigenvalue weighted by atomic mass is 16.2. The summed E-state index contributed by atoms with van der Waals surface area (Å²) in [5.41, 5.74) is 1.07. The van der Waals surface area contributed by atoms with Gasteiger partial charge in [-0.1, -0.05) is 31.5 Å². The van der Waals surface area contributed by atoms with Crippen LogP contribution < -0.4 is 4.90 Å². The first kappa shape index (κ1) is 16.0. The standard InChI is InChI=1S/C16H23N3O/c1-3-4-13-19(15-9-6-5-7-10-15)14-16(20)18(2)12-8-11-17/h5-7,9-10H,3-4,8,12-14H2,1-2H3. The van der Waals surface area contributed by atoms with E-state index in [0.717, 1.165) is 25.1 Å². The third-order valence-corrected chi connectivity index (χ3v) is 3.21. The third kappa shape index (κ3) is 5.31. The Morgan fingerprint density at radius 1 is 1.25 bits per heavy atom. The van der Waals surface area contributed by atoms with Crippen LogP contribution in [-0.4, -0.2) is 37.5 Å². The van der Waals surface area contributed by atoms with E-state index in [9.17, 15) is 4.79 Å². The van der Waals surface area contributed by atoms with Crippen LogP contribution in [0.1, 0.15) is 26.2 Å². The Kier molecular flexibility index (Phi) is 7.20. The number of hydrogen-bond acceptors (Lipinski definition) is 3. The molecule has 0 N–H and O–H groups in total. The molecule has 1 aromatic carbocycles. The molecule has 4 nitrogen and oxygen atoms in total. The van der Waals surface area contributed by atoms with Crippen molar-refractivity contribution in [3.05, 3.63) is 30.3 Å². The van der Waals surface area contributed by atoms with Crippen LogP contribution in [0.2, 0.25) is 0 Å². The number of nitriles is 1. The molecule has 0 unspecified atom stereocenters. The predicted octanol–water partition coefficient (Wildman–Crippen LogP) is 2.67. The van der Waals surface area contributed by atoms with Crippen LogP contribution in [0.5, 0.6) is 0 Å². The molecule has 0 bridgehead atoms. The molecule has 0 saturated carbocycles. The largest absolute Gasteiger partial charge is 0.362 e. The average Bonchev–Trinajstić information content (AvgIpc) is 2.49. The van der Waals surface area contributed by atoms with Crippen LogP contribution in [0.15, 0.2) is 30.3 Å². The number of carbonyl (C=O) groups is 1. The van der Waals surface area contributed by atoms with Gasteiger partial charge in [-0.05, 0) is 18.6 Å². The number of rotatable bonds is 8. The number of carbonyl (C=O) groups excluding carboxylic acids is 1. The summed E-state index contributed by atoms with van der Waals surface area (Å²) in [7, 11) is 1.75. The lowest BCUT2D eigenvalue weighted by Gasteiger charge is -2.26. The van der Waals surface area contributed by atoms with Gasteiger partial charge in [-0.15, -0.1) is 0 Å². The number of benzene rings is 1. The molecule has 0 heterocycles. The average molecular weight is 273 g/mol. The zero-order valence-electron chi connectivity index (χ0n) is 12.4. The van der Waals surface area contributed by atoms with Crippen LogP contribution in [0.3, 0.4) is 0 Å². The van der Waals surface area contributed by atoms with Crippen LogP contribution in [0, 0.1) is 11.3 Å². The van der Waals surface area contributed by atoms with E-state index in [1.165, 1.54) is 0 Å². The van der Waals surface area contributed by atoms with Gasteiger partial charge in [-0.25, -0.2) is 0 Å². The van der Waals surface area contributed by atoms with Crippen molar-refractivity contribution in [1.82, 2.24) is 4.90 Å². The normalized spacial score (nSPS) is 9.85. The Morgan fingerprint density at radius 3 is 2.55 bits per heavy atom. The molecular formula is C16H23N3O. The summed E-state index contributed by atoms with van der Waals surface area (Å²) in [6.45, 7) is 3.88. The third-order valence-electron chi connectivity index (χ3n) is 3.21. The van der Waals surface area contributed by atoms with Gasteiger partial charge in [0.1, 0.15) is 0 Å². The van der Waals surface area contributed by atoms with Gasteiger partial charge in [0.25, 0.3) is 0 Å². The van der Waals surface area contributed by atoms with Crippen molar-refractivity contribution in [1.29, 1.82) is 5.26 Å². The van der Waals surface area contributed by atoms with Crippen LogP contribution in [0.4, 0.5) is 5.69 Å². The minimum Gasteiger partial charge on any atom is -0.362 e. The molecular weight excluding hydrogens is 250 g/mol. The van der Waals surface area contributed by atoms with Gasteiger partial charge in [0, 0.05) is 25.8 Å². The van der Waals surface area contributed by atoms with Crippen LogP contribution in [0.25, 0.3) is 0 Å². The van der Waals surface area contributed by atoms with Gasteiger partial charge < -0.3 is 9.80 Å². The maximum absolute atomic E-state index is 12.2. The van der Waals surface area contributed by atoms with E-state index in [0.29, 0.717) is 19.5 Å². The first-order valence-electron chi connectivity index (χ1n) is 7.10. The fourth-order valence-corrected chi connectivity index (χ4v) is 1.91. The Balaban J connectivity index is 2.65. The van der Waals surface area contributed by atoms with Gasteiger partial charge in [-0.3, -0.25) is 4.79 Å². The highest BCUT2D eigenvalue weighted by Crippen LogP contribution is 2.14. The lowest BCUT2D eigenvalue weighted by molar-refractivity contribution is -0.128. The van der Waals surface area contributed by atoms with Crippen molar-refractivity contribution < 1.29 is 4.79 Å². The van der Waals surface area contributed by atoms with E-state index < -0.39 is 0 Å². The van der Waals surface area contributed by atoms with Gasteiger partial charge in [0.15, 0.2) is 0 Å². The van der Waals surface area contributed by atoms with Crippen molar-refractivity contribution in [3.63, 3.8) is 0 Å². The summed E-state index contributed by atoms with van der Waals surface area (Å²) in [5, 5.41) is 8.57. The Morgan fingerprint density at radius 2 is 1.95 bits per heavy atom. The molecule has 0 atom stereocenters. The van der Waals surface area contributed by atoms with Crippen LogP contribution >= 0.6 is 0 Å². The second kappa shape index (κ2) is 8.98. The Bertz CT molecular complexity index is 439. The molecule has 1 aromatic rings. The van der Waals surface area contributed by atoms with E-state index in [1.807, 2.05) is 30.3 Å². The Hall–Kier alpha value is -2.02. The van der Waals surface area contributed by atoms with Crippen molar-refractivity contribution in [2.45, 2.75) is 26.2 Å². The highest BCUT2D eigenvalue weighted by molar-refractivity contribution is 5.81. The zero-order valence-corrected chi connectivity index (χ0v) is 12.4. The topological polar surface area (TPSA) is 47.3 Å². The molecule has 0 aliphatic heterocycles. The minimum absolute atomic E-state index is 0.0557. The molecule has 1 rings (SSSR count). The fraction of sp³-hybridized carbons (Fsp3) is 0.500. The van der Waals surface area contributed by atoms with Crippen LogP contribution in [-0.2, 0) is 4.79 Å². The number of para-hydroxylation sites is 1. The van der Waals surface area contributed by atoms with E-state index in [4.69, 9.17) is 5.26 Å². The molecule has 0 fully saturated rings. The molecule has 0 radical (unpaired) electrons. The SMILES string of the molecule is CCCCN(CC(=O)N(C)CCC#N)c1ccccc1. The molecule has 1 amide bonds. The van der Waals surface area contributed by atoms with Crippen molar-refractivity contribution >= 4 is 11.6 Å². The maximum Gasteiger partial charge on any atom is 0.241 e. The number of hydrogen-bond donors (Lipinski definition) is 0. The number of amides is 1. The molecule has 20 heavy (non-hydrogen) atoms. The number of unbranched alkanes of at least 4 members (excludes halogenated alkanes) is 1. The van der Waals surface area contributed by atoms with E-state index in [1.54, 1.807) is 11.9 Å². The zero-order chi connectivity index (χ0) is 14.8. The monoisotopic (exact) mass is 273 g/mol. The summed E-state index contributed by atoms with van der Waals surface area (Å²) in [6, 6.07) is 12.1. The Labute approximate surface area is 121 Å². The molecule has 0 aromatic heterocycles. The van der Waals surface area contributed by atoms with Crippen molar-refractivity contribution in [2.75, 3.05) is 31.6 Å². The van der Waals surface area contributed by atoms with Gasteiger partial charge in [0.2, 0.25) is 5.91 Å². The quantitative estimate of drug-likeness (QED) is 0.731. The van der Waals surface area contributed by atoms with Gasteiger partial charge in [0.05, 0.1) is 19.0 Å².